The average Bonchev–Trinajstić information content (AvgIpc) is 3.26. The molecule has 0 aliphatic heterocycles. The fourth-order valence-electron chi connectivity index (χ4n) is 2.90. The van der Waals surface area contributed by atoms with E-state index in [2.05, 4.69) is 24.6 Å². The summed E-state index contributed by atoms with van der Waals surface area (Å²) in [6.45, 7) is -0.195. The van der Waals surface area contributed by atoms with Gasteiger partial charge in [0.2, 0.25) is 12.6 Å². The lowest BCUT2D eigenvalue weighted by molar-refractivity contribution is -0.711. The molecule has 0 bridgehead atoms. The molecule has 0 spiro atoms. The quantitative estimate of drug-likeness (QED) is 0.239. The molecule has 4 aromatic heterocycles. The number of hydrogen-bond acceptors (Lipinski definition) is 9. The van der Waals surface area contributed by atoms with E-state index in [0.717, 1.165) is 5.56 Å². The minimum Gasteiger partial charge on any atom is -0.469 e. The zero-order chi connectivity index (χ0) is 23.3. The van der Waals surface area contributed by atoms with Gasteiger partial charge in [-0.25, -0.2) is 28.6 Å². The Kier molecular flexibility index (Phi) is 6.71. The normalized spacial score (nSPS) is 11.5. The van der Waals surface area contributed by atoms with Crippen molar-refractivity contribution < 1.29 is 32.7 Å². The van der Waals surface area contributed by atoms with Gasteiger partial charge in [-0.1, -0.05) is 11.2 Å². The number of ether oxygens (including phenoxy) is 1. The minimum absolute atomic E-state index is 0.208. The van der Waals surface area contributed by atoms with Gasteiger partial charge in [0, 0.05) is 37.1 Å². The van der Waals surface area contributed by atoms with Crippen LogP contribution >= 0.6 is 7.82 Å². The zero-order valence-electron chi connectivity index (χ0n) is 17.2. The zero-order valence-corrected chi connectivity index (χ0v) is 18.1. The molecule has 0 fully saturated rings. The first-order valence-electron chi connectivity index (χ1n) is 9.65. The first-order valence-corrected chi connectivity index (χ1v) is 11.2. The van der Waals surface area contributed by atoms with E-state index >= 15 is 0 Å². The number of nitrogen functional groups attached to an aromatic ring is 1. The summed E-state index contributed by atoms with van der Waals surface area (Å²) in [5, 5.41) is 4.07. The molecule has 33 heavy (non-hydrogen) atoms. The van der Waals surface area contributed by atoms with Crippen molar-refractivity contribution in [1.82, 2.24) is 20.1 Å². The highest BCUT2D eigenvalue weighted by molar-refractivity contribution is 7.46. The van der Waals surface area contributed by atoms with Gasteiger partial charge in [-0.15, -0.1) is 0 Å². The van der Waals surface area contributed by atoms with Gasteiger partial charge in [-0.2, -0.15) is 0 Å². The number of hydrogen-bond donors (Lipinski definition) is 3. The Hall–Kier alpha value is -3.70. The standard InChI is InChI=1S/C20H19N6O6P/c21-20-16(3-1-8-26(20)13-31-33(27,28)29)17-10-15(25-32-17)9-14-4-5-19(24-11-14)30-12-18-22-6-2-7-23-18/h1-8,10-11,21H,9,12-13H2,(H2,27,28,29)/p+1. The molecule has 0 unspecified atom stereocenters. The molecule has 0 aliphatic rings. The van der Waals surface area contributed by atoms with Crippen LogP contribution in [0, 0.1) is 0 Å². The SMILES string of the molecule is Nc1c(-c2cc(Cc3ccc(OCc4ncccn4)nc3)no2)ccc[n+]1COP(=O)(O)O. The summed E-state index contributed by atoms with van der Waals surface area (Å²) in [6.07, 6.45) is 6.97. The van der Waals surface area contributed by atoms with Crippen LogP contribution in [0.4, 0.5) is 5.82 Å². The second kappa shape index (κ2) is 9.84. The molecule has 4 heterocycles. The van der Waals surface area contributed by atoms with Crippen molar-refractivity contribution in [2.75, 3.05) is 5.73 Å². The van der Waals surface area contributed by atoms with Crippen LogP contribution in [0.3, 0.4) is 0 Å². The number of phosphoric ester groups is 1. The Bertz CT molecular complexity index is 1260. The smallest absolute Gasteiger partial charge is 0.469 e. The second-order valence-electron chi connectivity index (χ2n) is 6.84. The Morgan fingerprint density at radius 2 is 1.94 bits per heavy atom. The number of nitrogens with zero attached hydrogens (tertiary/aromatic N) is 5. The van der Waals surface area contributed by atoms with Gasteiger partial charge < -0.3 is 19.0 Å². The first-order chi connectivity index (χ1) is 15.9. The molecule has 0 radical (unpaired) electrons. The highest BCUT2D eigenvalue weighted by atomic mass is 31.2. The number of rotatable bonds is 9. The van der Waals surface area contributed by atoms with Gasteiger partial charge in [0.25, 0.3) is 5.82 Å². The molecule has 13 heteroatoms. The van der Waals surface area contributed by atoms with E-state index in [0.29, 0.717) is 35.1 Å². The number of phosphoric acid groups is 1. The summed E-state index contributed by atoms with van der Waals surface area (Å²) in [5.41, 5.74) is 8.16. The summed E-state index contributed by atoms with van der Waals surface area (Å²) < 4.78 is 27.8. The van der Waals surface area contributed by atoms with Crippen LogP contribution in [0.2, 0.25) is 0 Å². The van der Waals surface area contributed by atoms with Gasteiger partial charge in [0.15, 0.2) is 11.6 Å². The van der Waals surface area contributed by atoms with Crippen LogP contribution in [0.5, 0.6) is 5.88 Å². The first kappa shape index (κ1) is 22.5. The third-order valence-corrected chi connectivity index (χ3v) is 4.91. The van der Waals surface area contributed by atoms with Crippen LogP contribution < -0.4 is 15.0 Å². The number of anilines is 1. The van der Waals surface area contributed by atoms with Crippen LogP contribution in [-0.4, -0.2) is 29.9 Å². The largest absolute Gasteiger partial charge is 0.472 e. The highest BCUT2D eigenvalue weighted by Gasteiger charge is 2.20. The average molecular weight is 471 g/mol. The van der Waals surface area contributed by atoms with E-state index in [4.69, 9.17) is 24.8 Å². The predicted octanol–water partition coefficient (Wildman–Crippen LogP) is 1.63. The molecule has 4 rings (SSSR count). The van der Waals surface area contributed by atoms with Crippen molar-refractivity contribution >= 4 is 13.6 Å². The molecule has 12 nitrogen and oxygen atoms in total. The van der Waals surface area contributed by atoms with E-state index in [1.807, 2.05) is 6.07 Å². The topological polar surface area (TPSA) is 171 Å². The summed E-state index contributed by atoms with van der Waals surface area (Å²) in [5.74, 6) is 1.63. The Morgan fingerprint density at radius 3 is 2.67 bits per heavy atom. The maximum Gasteiger partial charge on any atom is 0.472 e. The summed E-state index contributed by atoms with van der Waals surface area (Å²) in [4.78, 5) is 30.2. The molecule has 0 aromatic carbocycles. The van der Waals surface area contributed by atoms with Gasteiger partial charge in [-0.05, 0) is 23.8 Å². The Morgan fingerprint density at radius 1 is 1.12 bits per heavy atom. The molecule has 0 saturated heterocycles. The minimum atomic E-state index is -4.63. The summed E-state index contributed by atoms with van der Waals surface area (Å²) in [7, 11) is -4.63. The lowest BCUT2D eigenvalue weighted by Crippen LogP contribution is -2.38. The second-order valence-corrected chi connectivity index (χ2v) is 8.08. The Balaban J connectivity index is 1.40. The van der Waals surface area contributed by atoms with Crippen molar-refractivity contribution in [1.29, 1.82) is 0 Å². The van der Waals surface area contributed by atoms with Gasteiger partial charge >= 0.3 is 7.82 Å². The number of nitrogens with two attached hydrogens (primary N) is 1. The van der Waals surface area contributed by atoms with Crippen molar-refractivity contribution in [2.24, 2.45) is 0 Å². The van der Waals surface area contributed by atoms with E-state index in [-0.39, 0.29) is 12.4 Å². The third-order valence-electron chi connectivity index (χ3n) is 4.45. The number of aromatic nitrogens is 5. The van der Waals surface area contributed by atoms with E-state index in [1.165, 1.54) is 10.8 Å². The molecule has 0 aliphatic carbocycles. The Labute approximate surface area is 187 Å². The van der Waals surface area contributed by atoms with E-state index < -0.39 is 14.6 Å². The van der Waals surface area contributed by atoms with Gasteiger partial charge in [0.1, 0.15) is 12.2 Å². The maximum absolute atomic E-state index is 10.9. The fraction of sp³-hybridized carbons (Fsp3) is 0.150. The molecule has 170 valence electrons. The monoisotopic (exact) mass is 471 g/mol. The molecule has 4 aromatic rings. The maximum atomic E-state index is 10.9. The number of pyridine rings is 2. The van der Waals surface area contributed by atoms with Crippen molar-refractivity contribution in [2.45, 2.75) is 19.8 Å². The summed E-state index contributed by atoms with van der Waals surface area (Å²) in [6, 6.07) is 10.4. The van der Waals surface area contributed by atoms with Crippen molar-refractivity contribution in [3.63, 3.8) is 0 Å². The third kappa shape index (κ3) is 6.18. The van der Waals surface area contributed by atoms with Crippen LogP contribution in [0.25, 0.3) is 11.3 Å². The van der Waals surface area contributed by atoms with Gasteiger partial charge in [-0.3, -0.25) is 5.73 Å². The van der Waals surface area contributed by atoms with Crippen LogP contribution in [-0.2, 0) is 28.8 Å². The lowest BCUT2D eigenvalue weighted by atomic mass is 10.1. The predicted molar refractivity (Wildman–Crippen MR) is 113 cm³/mol. The fourth-order valence-corrected chi connectivity index (χ4v) is 3.17. The molecule has 0 saturated carbocycles. The molecule has 4 N–H and O–H groups in total. The van der Waals surface area contributed by atoms with Crippen molar-refractivity contribution in [3.05, 3.63) is 78.3 Å². The summed E-state index contributed by atoms with van der Waals surface area (Å²) >= 11 is 0. The van der Waals surface area contributed by atoms with Crippen molar-refractivity contribution in [3.8, 4) is 17.2 Å². The highest BCUT2D eigenvalue weighted by Crippen LogP contribution is 2.35. The lowest BCUT2D eigenvalue weighted by Gasteiger charge is -2.07. The van der Waals surface area contributed by atoms with Gasteiger partial charge in [0.05, 0.1) is 11.9 Å². The van der Waals surface area contributed by atoms with Crippen LogP contribution in [0.1, 0.15) is 17.1 Å². The van der Waals surface area contributed by atoms with Crippen LogP contribution in [0.15, 0.2) is 65.7 Å². The molecule has 0 amide bonds. The van der Waals surface area contributed by atoms with E-state index in [9.17, 15) is 4.57 Å². The molecular formula is C20H20N6O6P+. The molecular weight excluding hydrogens is 451 g/mol. The van der Waals surface area contributed by atoms with E-state index in [1.54, 1.807) is 48.9 Å². The molecule has 0 atom stereocenters.